The van der Waals surface area contributed by atoms with Crippen molar-refractivity contribution in [1.29, 1.82) is 0 Å². The van der Waals surface area contributed by atoms with Crippen molar-refractivity contribution >= 4 is 5.82 Å². The highest BCUT2D eigenvalue weighted by Gasteiger charge is 2.41. The maximum Gasteiger partial charge on any atom is 0.151 e. The van der Waals surface area contributed by atoms with Gasteiger partial charge in [-0.15, -0.1) is 10.2 Å². The van der Waals surface area contributed by atoms with E-state index in [0.717, 1.165) is 35.2 Å². The number of aryl methyl sites for hydroxylation is 2. The van der Waals surface area contributed by atoms with Crippen LogP contribution in [0.25, 0.3) is 11.4 Å². The minimum Gasteiger partial charge on any atom is -0.351 e. The summed E-state index contributed by atoms with van der Waals surface area (Å²) in [5.41, 5.74) is 3.51. The SMILES string of the molecule is Cc1cnn(C)c1-c1ccc(N2CCC3CN(CCCC(C)(C)C)CC32)nn1. The second kappa shape index (κ2) is 7.47. The minimum absolute atomic E-state index is 0.436. The summed E-state index contributed by atoms with van der Waals surface area (Å²) in [6, 6.07) is 4.82. The van der Waals surface area contributed by atoms with Gasteiger partial charge in [-0.1, -0.05) is 20.8 Å². The molecule has 2 aromatic rings. The topological polar surface area (TPSA) is 50.1 Å². The zero-order valence-corrected chi connectivity index (χ0v) is 18.0. The Bertz CT molecular complexity index is 784. The summed E-state index contributed by atoms with van der Waals surface area (Å²) in [6.45, 7) is 13.8. The predicted molar refractivity (Wildman–Crippen MR) is 113 cm³/mol. The number of aromatic nitrogens is 4. The number of anilines is 1. The van der Waals surface area contributed by atoms with Crippen molar-refractivity contribution in [2.45, 2.75) is 53.0 Å². The molecule has 0 amide bonds. The van der Waals surface area contributed by atoms with Crippen LogP contribution in [-0.4, -0.2) is 57.1 Å². The van der Waals surface area contributed by atoms with Gasteiger partial charge in [0.05, 0.1) is 11.9 Å². The first kappa shape index (κ1) is 19.4. The molecule has 28 heavy (non-hydrogen) atoms. The van der Waals surface area contributed by atoms with Gasteiger partial charge in [0.25, 0.3) is 0 Å². The van der Waals surface area contributed by atoms with E-state index in [1.54, 1.807) is 0 Å². The van der Waals surface area contributed by atoms with E-state index in [0.29, 0.717) is 11.5 Å². The van der Waals surface area contributed by atoms with Gasteiger partial charge in [0.1, 0.15) is 5.69 Å². The Hall–Kier alpha value is -1.95. The van der Waals surface area contributed by atoms with Crippen LogP contribution in [0.15, 0.2) is 18.3 Å². The highest BCUT2D eigenvalue weighted by molar-refractivity contribution is 5.59. The lowest BCUT2D eigenvalue weighted by atomic mass is 9.90. The molecule has 2 fully saturated rings. The summed E-state index contributed by atoms with van der Waals surface area (Å²) in [4.78, 5) is 5.15. The molecule has 152 valence electrons. The zero-order valence-electron chi connectivity index (χ0n) is 18.0. The number of hydrogen-bond acceptors (Lipinski definition) is 5. The molecule has 6 heteroatoms. The Balaban J connectivity index is 1.40. The molecule has 2 aliphatic rings. The fourth-order valence-corrected chi connectivity index (χ4v) is 4.87. The molecule has 2 unspecified atom stereocenters. The Morgan fingerprint density at radius 3 is 2.61 bits per heavy atom. The third-order valence-corrected chi connectivity index (χ3v) is 6.33. The van der Waals surface area contributed by atoms with Crippen molar-refractivity contribution in [1.82, 2.24) is 24.9 Å². The molecule has 0 aliphatic carbocycles. The molecular formula is C22H34N6. The molecule has 0 radical (unpaired) electrons. The van der Waals surface area contributed by atoms with E-state index in [9.17, 15) is 0 Å². The smallest absolute Gasteiger partial charge is 0.151 e. The van der Waals surface area contributed by atoms with Crippen LogP contribution in [-0.2, 0) is 7.05 Å². The summed E-state index contributed by atoms with van der Waals surface area (Å²) >= 11 is 0. The van der Waals surface area contributed by atoms with Gasteiger partial charge < -0.3 is 9.80 Å². The molecule has 0 saturated carbocycles. The number of hydrogen-bond donors (Lipinski definition) is 0. The second-order valence-electron chi connectivity index (χ2n) is 9.81. The van der Waals surface area contributed by atoms with Crippen LogP contribution in [0.1, 0.15) is 45.6 Å². The largest absolute Gasteiger partial charge is 0.351 e. The van der Waals surface area contributed by atoms with Crippen LogP contribution < -0.4 is 4.90 Å². The Morgan fingerprint density at radius 2 is 1.96 bits per heavy atom. The molecule has 0 bridgehead atoms. The van der Waals surface area contributed by atoms with Crippen LogP contribution >= 0.6 is 0 Å². The maximum absolute atomic E-state index is 4.60. The van der Waals surface area contributed by atoms with Crippen LogP contribution in [0.3, 0.4) is 0 Å². The standard InChI is InChI=1S/C22H34N6/c1-16-13-23-26(5)21(16)18-7-8-20(25-24-18)28-12-9-17-14-27(15-19(17)28)11-6-10-22(2,3)4/h7-8,13,17,19H,6,9-12,14-15H2,1-5H3. The van der Waals surface area contributed by atoms with E-state index in [-0.39, 0.29) is 0 Å². The molecule has 2 aromatic heterocycles. The lowest BCUT2D eigenvalue weighted by Gasteiger charge is -2.26. The summed E-state index contributed by atoms with van der Waals surface area (Å²) < 4.78 is 1.87. The van der Waals surface area contributed by atoms with Crippen molar-refractivity contribution in [3.63, 3.8) is 0 Å². The average molecular weight is 383 g/mol. The summed E-state index contributed by atoms with van der Waals surface area (Å²) in [6.07, 6.45) is 5.73. The fraction of sp³-hybridized carbons (Fsp3) is 0.682. The van der Waals surface area contributed by atoms with Crippen molar-refractivity contribution < 1.29 is 0 Å². The van der Waals surface area contributed by atoms with Gasteiger partial charge in [-0.05, 0) is 61.8 Å². The molecule has 4 heterocycles. The normalized spacial score (nSPS) is 22.8. The third kappa shape index (κ3) is 3.93. The molecule has 2 atom stereocenters. The first-order valence-electron chi connectivity index (χ1n) is 10.6. The lowest BCUT2D eigenvalue weighted by Crippen LogP contribution is -2.36. The number of nitrogens with zero attached hydrogens (tertiary/aromatic N) is 6. The van der Waals surface area contributed by atoms with E-state index in [4.69, 9.17) is 0 Å². The molecule has 4 rings (SSSR count). The number of fused-ring (bicyclic) bond motifs is 1. The zero-order chi connectivity index (χ0) is 19.9. The van der Waals surface area contributed by atoms with Gasteiger partial charge in [-0.2, -0.15) is 5.10 Å². The fourth-order valence-electron chi connectivity index (χ4n) is 4.87. The van der Waals surface area contributed by atoms with E-state index >= 15 is 0 Å². The molecule has 0 spiro atoms. The summed E-state index contributed by atoms with van der Waals surface area (Å²) in [5, 5.41) is 13.4. The van der Waals surface area contributed by atoms with E-state index < -0.39 is 0 Å². The van der Waals surface area contributed by atoms with Gasteiger partial charge in [-0.25, -0.2) is 0 Å². The first-order chi connectivity index (χ1) is 13.3. The van der Waals surface area contributed by atoms with Gasteiger partial charge in [-0.3, -0.25) is 4.68 Å². The van der Waals surface area contributed by atoms with E-state index in [2.05, 4.69) is 64.9 Å². The monoisotopic (exact) mass is 382 g/mol. The average Bonchev–Trinajstić information content (AvgIpc) is 3.29. The molecule has 0 N–H and O–H groups in total. The highest BCUT2D eigenvalue weighted by atomic mass is 15.3. The quantitative estimate of drug-likeness (QED) is 0.792. The highest BCUT2D eigenvalue weighted by Crippen LogP contribution is 2.35. The third-order valence-electron chi connectivity index (χ3n) is 6.33. The maximum atomic E-state index is 4.60. The summed E-state index contributed by atoms with van der Waals surface area (Å²) in [5.74, 6) is 1.79. The van der Waals surface area contributed by atoms with Crippen molar-refractivity contribution in [3.8, 4) is 11.4 Å². The summed E-state index contributed by atoms with van der Waals surface area (Å²) in [7, 11) is 1.95. The van der Waals surface area contributed by atoms with Gasteiger partial charge in [0.2, 0.25) is 0 Å². The molecule has 0 aromatic carbocycles. The van der Waals surface area contributed by atoms with Crippen LogP contribution in [0, 0.1) is 18.3 Å². The van der Waals surface area contributed by atoms with Crippen LogP contribution in [0.4, 0.5) is 5.82 Å². The van der Waals surface area contributed by atoms with E-state index in [1.165, 1.54) is 38.9 Å². The number of rotatable bonds is 5. The Kier molecular flexibility index (Phi) is 5.17. The van der Waals surface area contributed by atoms with Gasteiger partial charge >= 0.3 is 0 Å². The lowest BCUT2D eigenvalue weighted by molar-refractivity contribution is 0.277. The van der Waals surface area contributed by atoms with Crippen LogP contribution in [0.2, 0.25) is 0 Å². The van der Waals surface area contributed by atoms with Crippen LogP contribution in [0.5, 0.6) is 0 Å². The van der Waals surface area contributed by atoms with E-state index in [1.807, 2.05) is 17.9 Å². The molecule has 2 saturated heterocycles. The molecule has 2 aliphatic heterocycles. The minimum atomic E-state index is 0.436. The van der Waals surface area contributed by atoms with Gasteiger partial charge in [0, 0.05) is 32.7 Å². The molecule has 6 nitrogen and oxygen atoms in total. The van der Waals surface area contributed by atoms with Gasteiger partial charge in [0.15, 0.2) is 5.82 Å². The second-order valence-corrected chi connectivity index (χ2v) is 9.81. The predicted octanol–water partition coefficient (Wildman–Crippen LogP) is 3.52. The number of likely N-dealkylation sites (tertiary alicyclic amines) is 1. The van der Waals surface area contributed by atoms with Crippen molar-refractivity contribution in [2.75, 3.05) is 31.1 Å². The van der Waals surface area contributed by atoms with Crippen molar-refractivity contribution in [2.24, 2.45) is 18.4 Å². The molecular weight excluding hydrogens is 348 g/mol. The Labute approximate surface area is 168 Å². The Morgan fingerprint density at radius 1 is 1.14 bits per heavy atom. The first-order valence-corrected chi connectivity index (χ1v) is 10.6. The van der Waals surface area contributed by atoms with Crippen molar-refractivity contribution in [3.05, 3.63) is 23.9 Å².